The zero-order valence-electron chi connectivity index (χ0n) is 13.7. The minimum Gasteiger partial charge on any atom is -0.390 e. The van der Waals surface area contributed by atoms with Gasteiger partial charge in [-0.05, 0) is 47.5 Å². The molecule has 0 bridgehead atoms. The van der Waals surface area contributed by atoms with Gasteiger partial charge in [-0.15, -0.1) is 0 Å². The van der Waals surface area contributed by atoms with Crippen molar-refractivity contribution in [2.24, 2.45) is 0 Å². The predicted octanol–water partition coefficient (Wildman–Crippen LogP) is 3.90. The highest BCUT2D eigenvalue weighted by Gasteiger charge is 2.33. The van der Waals surface area contributed by atoms with Crippen molar-refractivity contribution in [1.29, 1.82) is 0 Å². The molecule has 0 aromatic heterocycles. The summed E-state index contributed by atoms with van der Waals surface area (Å²) in [6.07, 6.45) is -3.71. The van der Waals surface area contributed by atoms with E-state index >= 15 is 0 Å². The summed E-state index contributed by atoms with van der Waals surface area (Å²) in [6.45, 7) is 3.38. The standard InChI is InChI=1S/C19H17F3N2O2/c1-2-17(26)23-14-7-6-11-8-16(25)18(15(11)10-14)24-13-5-3-4-12(9-13)19(20,21)22/h2-7,9-10,16,18,24-25H,1,8H2,(H,23,26). The van der Waals surface area contributed by atoms with E-state index in [2.05, 4.69) is 17.2 Å². The van der Waals surface area contributed by atoms with Gasteiger partial charge in [0.15, 0.2) is 0 Å². The summed E-state index contributed by atoms with van der Waals surface area (Å²) in [4.78, 5) is 11.4. The first kappa shape index (κ1) is 18.0. The Morgan fingerprint density at radius 1 is 1.19 bits per heavy atom. The summed E-state index contributed by atoms with van der Waals surface area (Å²) in [7, 11) is 0. The first-order valence-corrected chi connectivity index (χ1v) is 7.96. The second-order valence-electron chi connectivity index (χ2n) is 6.08. The second kappa shape index (κ2) is 6.84. The quantitative estimate of drug-likeness (QED) is 0.723. The molecule has 7 heteroatoms. The van der Waals surface area contributed by atoms with Crippen LogP contribution in [0.25, 0.3) is 0 Å². The highest BCUT2D eigenvalue weighted by atomic mass is 19.4. The van der Waals surface area contributed by atoms with Gasteiger partial charge in [-0.3, -0.25) is 4.79 Å². The molecule has 0 spiro atoms. The van der Waals surface area contributed by atoms with Crippen LogP contribution in [0.15, 0.2) is 55.1 Å². The van der Waals surface area contributed by atoms with Gasteiger partial charge in [0.25, 0.3) is 0 Å². The number of nitrogens with one attached hydrogen (secondary N) is 2. The van der Waals surface area contributed by atoms with E-state index in [1.165, 1.54) is 12.1 Å². The molecule has 0 heterocycles. The van der Waals surface area contributed by atoms with Gasteiger partial charge in [-0.25, -0.2) is 0 Å². The molecule has 136 valence electrons. The molecule has 4 nitrogen and oxygen atoms in total. The lowest BCUT2D eigenvalue weighted by atomic mass is 10.1. The Bertz CT molecular complexity index is 849. The van der Waals surface area contributed by atoms with E-state index in [0.29, 0.717) is 12.1 Å². The highest BCUT2D eigenvalue weighted by Crippen LogP contribution is 2.37. The van der Waals surface area contributed by atoms with Gasteiger partial charge < -0.3 is 15.7 Å². The van der Waals surface area contributed by atoms with Crippen molar-refractivity contribution < 1.29 is 23.1 Å². The molecule has 2 atom stereocenters. The minimum absolute atomic E-state index is 0.261. The van der Waals surface area contributed by atoms with Crippen molar-refractivity contribution in [3.63, 3.8) is 0 Å². The molecule has 2 aromatic carbocycles. The number of alkyl halides is 3. The summed E-state index contributed by atoms with van der Waals surface area (Å²) >= 11 is 0. The van der Waals surface area contributed by atoms with Gasteiger partial charge in [-0.2, -0.15) is 13.2 Å². The maximum absolute atomic E-state index is 12.9. The van der Waals surface area contributed by atoms with E-state index < -0.39 is 23.9 Å². The zero-order chi connectivity index (χ0) is 18.9. The van der Waals surface area contributed by atoms with Gasteiger partial charge >= 0.3 is 6.18 Å². The summed E-state index contributed by atoms with van der Waals surface area (Å²) in [6, 6.07) is 9.45. The predicted molar refractivity (Wildman–Crippen MR) is 92.8 cm³/mol. The molecule has 0 aliphatic heterocycles. The fourth-order valence-electron chi connectivity index (χ4n) is 3.03. The number of benzene rings is 2. The third kappa shape index (κ3) is 3.72. The van der Waals surface area contributed by atoms with Crippen LogP contribution in [0.1, 0.15) is 22.7 Å². The third-order valence-electron chi connectivity index (χ3n) is 4.26. The van der Waals surface area contributed by atoms with Gasteiger partial charge in [-0.1, -0.05) is 18.7 Å². The smallest absolute Gasteiger partial charge is 0.390 e. The van der Waals surface area contributed by atoms with Gasteiger partial charge in [0.1, 0.15) is 0 Å². The summed E-state index contributed by atoms with van der Waals surface area (Å²) < 4.78 is 38.6. The number of aliphatic hydroxyl groups is 1. The molecule has 0 saturated heterocycles. The van der Waals surface area contributed by atoms with Crippen molar-refractivity contribution in [1.82, 2.24) is 0 Å². The first-order valence-electron chi connectivity index (χ1n) is 7.96. The van der Waals surface area contributed by atoms with Crippen molar-refractivity contribution in [3.05, 3.63) is 71.8 Å². The molecule has 1 aliphatic carbocycles. The average Bonchev–Trinajstić information content (AvgIpc) is 2.89. The normalized spacial score (nSPS) is 18.9. The number of rotatable bonds is 4. The highest BCUT2D eigenvalue weighted by molar-refractivity contribution is 5.98. The number of carbonyl (C=O) groups is 1. The molecule has 1 amide bonds. The summed E-state index contributed by atoms with van der Waals surface area (Å²) in [5.74, 6) is -0.370. The van der Waals surface area contributed by atoms with Gasteiger partial charge in [0.2, 0.25) is 5.91 Å². The minimum atomic E-state index is -4.44. The average molecular weight is 362 g/mol. The number of carbonyl (C=O) groups excluding carboxylic acids is 1. The number of amides is 1. The lowest BCUT2D eigenvalue weighted by Gasteiger charge is -2.20. The Hall–Kier alpha value is -2.80. The van der Waals surface area contributed by atoms with E-state index in [4.69, 9.17) is 0 Å². The molecule has 0 fully saturated rings. The number of hydrogen-bond acceptors (Lipinski definition) is 3. The Morgan fingerprint density at radius 2 is 1.96 bits per heavy atom. The van der Waals surface area contributed by atoms with Crippen LogP contribution in [0.2, 0.25) is 0 Å². The number of halogens is 3. The Labute approximate surface area is 148 Å². The monoisotopic (exact) mass is 362 g/mol. The van der Waals surface area contributed by atoms with Crippen LogP contribution in [-0.2, 0) is 17.4 Å². The molecule has 2 unspecified atom stereocenters. The molecule has 3 rings (SSSR count). The molecular formula is C19H17F3N2O2. The Kier molecular flexibility index (Phi) is 4.73. The fraction of sp³-hybridized carbons (Fsp3) is 0.211. The number of fused-ring (bicyclic) bond motifs is 1. The van der Waals surface area contributed by atoms with Crippen LogP contribution in [0.4, 0.5) is 24.5 Å². The van der Waals surface area contributed by atoms with E-state index in [0.717, 1.165) is 29.3 Å². The molecule has 2 aromatic rings. The zero-order valence-corrected chi connectivity index (χ0v) is 13.7. The first-order chi connectivity index (χ1) is 12.3. The molecular weight excluding hydrogens is 345 g/mol. The van der Waals surface area contributed by atoms with Crippen LogP contribution in [0.5, 0.6) is 0 Å². The fourth-order valence-corrected chi connectivity index (χ4v) is 3.03. The van der Waals surface area contributed by atoms with Crippen LogP contribution in [-0.4, -0.2) is 17.1 Å². The molecule has 0 saturated carbocycles. The number of hydrogen-bond donors (Lipinski definition) is 3. The number of anilines is 2. The molecule has 1 aliphatic rings. The largest absolute Gasteiger partial charge is 0.416 e. The summed E-state index contributed by atoms with van der Waals surface area (Å²) in [5.41, 5.74) is 1.63. The van der Waals surface area contributed by atoms with E-state index in [1.54, 1.807) is 18.2 Å². The van der Waals surface area contributed by atoms with Crippen molar-refractivity contribution in [2.45, 2.75) is 24.7 Å². The van der Waals surface area contributed by atoms with Crippen LogP contribution in [0.3, 0.4) is 0 Å². The number of aliphatic hydroxyl groups excluding tert-OH is 1. The third-order valence-corrected chi connectivity index (χ3v) is 4.26. The van der Waals surface area contributed by atoms with Gasteiger partial charge in [0, 0.05) is 17.8 Å². The van der Waals surface area contributed by atoms with Gasteiger partial charge in [0.05, 0.1) is 17.7 Å². The Balaban J connectivity index is 1.87. The van der Waals surface area contributed by atoms with E-state index in [9.17, 15) is 23.1 Å². The second-order valence-corrected chi connectivity index (χ2v) is 6.08. The molecule has 3 N–H and O–H groups in total. The van der Waals surface area contributed by atoms with Crippen molar-refractivity contribution in [3.8, 4) is 0 Å². The van der Waals surface area contributed by atoms with Crippen molar-refractivity contribution >= 4 is 17.3 Å². The van der Waals surface area contributed by atoms with Crippen LogP contribution >= 0.6 is 0 Å². The maximum Gasteiger partial charge on any atom is 0.416 e. The summed E-state index contributed by atoms with van der Waals surface area (Å²) in [5, 5.41) is 15.9. The van der Waals surface area contributed by atoms with E-state index in [1.807, 2.05) is 0 Å². The SMILES string of the molecule is C=CC(=O)Nc1ccc2c(c1)C(Nc1cccc(C(F)(F)F)c1)C(O)C2. The maximum atomic E-state index is 12.9. The lowest BCUT2D eigenvalue weighted by molar-refractivity contribution is -0.137. The molecule has 26 heavy (non-hydrogen) atoms. The van der Waals surface area contributed by atoms with Crippen molar-refractivity contribution in [2.75, 3.05) is 10.6 Å². The topological polar surface area (TPSA) is 61.4 Å². The lowest BCUT2D eigenvalue weighted by Crippen LogP contribution is -2.21. The molecule has 0 radical (unpaired) electrons. The Morgan fingerprint density at radius 3 is 2.65 bits per heavy atom. The van der Waals surface area contributed by atoms with Crippen LogP contribution < -0.4 is 10.6 Å². The van der Waals surface area contributed by atoms with Crippen LogP contribution in [0, 0.1) is 0 Å². The van der Waals surface area contributed by atoms with E-state index in [-0.39, 0.29) is 11.6 Å².